The fourth-order valence-corrected chi connectivity index (χ4v) is 3.04. The van der Waals surface area contributed by atoms with E-state index in [1.807, 2.05) is 13.0 Å². The van der Waals surface area contributed by atoms with Gasteiger partial charge in [-0.05, 0) is 40.5 Å². The summed E-state index contributed by atoms with van der Waals surface area (Å²) in [7, 11) is 0. The largest absolute Gasteiger partial charge is 0.391 e. The monoisotopic (exact) mass is 318 g/mol. The second-order valence-electron chi connectivity index (χ2n) is 7.06. The van der Waals surface area contributed by atoms with E-state index in [1.54, 1.807) is 0 Å². The van der Waals surface area contributed by atoms with Crippen molar-refractivity contribution in [3.63, 3.8) is 0 Å². The Bertz CT molecular complexity index is 555. The summed E-state index contributed by atoms with van der Waals surface area (Å²) in [6, 6.07) is 1.96. The predicted octanol–water partition coefficient (Wildman–Crippen LogP) is 3.51. The van der Waals surface area contributed by atoms with E-state index in [-0.39, 0.29) is 12.0 Å². The number of aliphatic hydroxyl groups is 1. The predicted molar refractivity (Wildman–Crippen MR) is 93.3 cm³/mol. The molecule has 4 heteroatoms. The minimum absolute atomic E-state index is 0.238. The first-order chi connectivity index (χ1) is 10.9. The molecule has 0 aromatic carbocycles. The Labute approximate surface area is 139 Å². The molecule has 1 aliphatic rings. The molecular weight excluding hydrogens is 288 g/mol. The molecule has 1 aromatic heterocycles. The maximum absolute atomic E-state index is 10.3. The number of aromatic nitrogens is 1. The Kier molecular flexibility index (Phi) is 6.60. The van der Waals surface area contributed by atoms with Gasteiger partial charge in [-0.3, -0.25) is 4.90 Å². The summed E-state index contributed by atoms with van der Waals surface area (Å²) in [5.41, 5.74) is 3.71. The lowest BCUT2D eigenvalue weighted by Crippen LogP contribution is -2.22. The van der Waals surface area contributed by atoms with Gasteiger partial charge in [-0.25, -0.2) is 0 Å². The van der Waals surface area contributed by atoms with Crippen LogP contribution in [0.4, 0.5) is 0 Å². The van der Waals surface area contributed by atoms with Gasteiger partial charge in [0.2, 0.25) is 0 Å². The summed E-state index contributed by atoms with van der Waals surface area (Å²) < 4.78 is 5.27. The van der Waals surface area contributed by atoms with Crippen molar-refractivity contribution in [1.82, 2.24) is 10.1 Å². The first kappa shape index (κ1) is 18.0. The second kappa shape index (κ2) is 8.46. The second-order valence-corrected chi connectivity index (χ2v) is 7.06. The highest BCUT2D eigenvalue weighted by atomic mass is 16.5. The number of aliphatic hydroxyl groups excluding tert-OH is 1. The molecule has 0 bridgehead atoms. The number of allylic oxidation sites excluding steroid dienone is 3. The first-order valence-electron chi connectivity index (χ1n) is 8.55. The Balaban J connectivity index is 1.78. The Hall–Kier alpha value is -1.39. The van der Waals surface area contributed by atoms with Crippen LogP contribution in [0.1, 0.15) is 45.1 Å². The normalized spacial score (nSPS) is 22.6. The number of rotatable bonds is 7. The molecule has 0 saturated carbocycles. The minimum Gasteiger partial charge on any atom is -0.391 e. The maximum Gasteiger partial charge on any atom is 0.137 e. The maximum atomic E-state index is 10.3. The number of aryl methyl sites for hydroxylation is 1. The Morgan fingerprint density at radius 2 is 2.13 bits per heavy atom. The molecule has 1 fully saturated rings. The van der Waals surface area contributed by atoms with Crippen molar-refractivity contribution in [2.24, 2.45) is 5.92 Å². The Morgan fingerprint density at radius 3 is 2.78 bits per heavy atom. The van der Waals surface area contributed by atoms with Gasteiger partial charge in [0, 0.05) is 38.0 Å². The van der Waals surface area contributed by atoms with E-state index in [2.05, 4.69) is 43.0 Å². The van der Waals surface area contributed by atoms with Gasteiger partial charge in [-0.2, -0.15) is 0 Å². The van der Waals surface area contributed by atoms with Crippen LogP contribution in [0.5, 0.6) is 0 Å². The van der Waals surface area contributed by atoms with Crippen LogP contribution in [0.3, 0.4) is 0 Å². The van der Waals surface area contributed by atoms with Crippen LogP contribution in [0.25, 0.3) is 0 Å². The number of hydrogen-bond donors (Lipinski definition) is 1. The summed E-state index contributed by atoms with van der Waals surface area (Å²) in [6.45, 7) is 11.0. The van der Waals surface area contributed by atoms with Gasteiger partial charge >= 0.3 is 0 Å². The number of hydrogen-bond acceptors (Lipinski definition) is 4. The quantitative estimate of drug-likeness (QED) is 0.782. The third-order valence-electron chi connectivity index (χ3n) is 4.41. The van der Waals surface area contributed by atoms with Crippen LogP contribution in [0.2, 0.25) is 0 Å². The molecule has 0 radical (unpaired) electrons. The standard InChI is InChI=1S/C19H30N2O2/c1-14(2)6-5-7-15(3)8-9-21-12-17(19(22)13-21)11-18-10-16(4)20-23-18/h6,8,10,17,19,22H,5,7,9,11-13H2,1-4H3/t17-,19+/m1/s1. The van der Waals surface area contributed by atoms with Crippen LogP contribution < -0.4 is 0 Å². The molecule has 0 unspecified atom stereocenters. The third-order valence-corrected chi connectivity index (χ3v) is 4.41. The van der Waals surface area contributed by atoms with Crippen molar-refractivity contribution in [2.75, 3.05) is 19.6 Å². The van der Waals surface area contributed by atoms with E-state index in [1.165, 1.54) is 11.1 Å². The lowest BCUT2D eigenvalue weighted by atomic mass is 10.0. The van der Waals surface area contributed by atoms with Crippen molar-refractivity contribution in [1.29, 1.82) is 0 Å². The van der Waals surface area contributed by atoms with Gasteiger partial charge in [-0.1, -0.05) is 28.5 Å². The molecule has 0 aliphatic carbocycles. The third kappa shape index (κ3) is 5.96. The lowest BCUT2D eigenvalue weighted by Gasteiger charge is -2.13. The summed E-state index contributed by atoms with van der Waals surface area (Å²) in [4.78, 5) is 2.32. The number of likely N-dealkylation sites (tertiary alicyclic amines) is 1. The van der Waals surface area contributed by atoms with Gasteiger partial charge in [0.05, 0.1) is 11.8 Å². The molecule has 0 spiro atoms. The molecule has 2 atom stereocenters. The smallest absolute Gasteiger partial charge is 0.137 e. The highest BCUT2D eigenvalue weighted by molar-refractivity contribution is 5.07. The van der Waals surface area contributed by atoms with Crippen LogP contribution in [-0.4, -0.2) is 40.9 Å². The fraction of sp³-hybridized carbons (Fsp3) is 0.632. The molecule has 1 aliphatic heterocycles. The zero-order valence-electron chi connectivity index (χ0n) is 14.9. The van der Waals surface area contributed by atoms with Gasteiger partial charge in [-0.15, -0.1) is 0 Å². The van der Waals surface area contributed by atoms with E-state index >= 15 is 0 Å². The van der Waals surface area contributed by atoms with Crippen LogP contribution in [0, 0.1) is 12.8 Å². The highest BCUT2D eigenvalue weighted by Gasteiger charge is 2.31. The summed E-state index contributed by atoms with van der Waals surface area (Å²) in [5, 5.41) is 14.2. The van der Waals surface area contributed by atoms with Crippen molar-refractivity contribution in [3.05, 3.63) is 40.8 Å². The summed E-state index contributed by atoms with van der Waals surface area (Å²) >= 11 is 0. The van der Waals surface area contributed by atoms with Crippen LogP contribution >= 0.6 is 0 Å². The molecule has 128 valence electrons. The van der Waals surface area contributed by atoms with Crippen molar-refractivity contribution in [3.8, 4) is 0 Å². The van der Waals surface area contributed by atoms with Crippen molar-refractivity contribution in [2.45, 2.75) is 53.1 Å². The fourth-order valence-electron chi connectivity index (χ4n) is 3.04. The van der Waals surface area contributed by atoms with E-state index in [0.717, 1.165) is 50.4 Å². The van der Waals surface area contributed by atoms with E-state index in [0.29, 0.717) is 0 Å². The molecule has 1 aromatic rings. The van der Waals surface area contributed by atoms with Gasteiger partial charge in [0.1, 0.15) is 5.76 Å². The topological polar surface area (TPSA) is 49.5 Å². The molecule has 2 rings (SSSR count). The van der Waals surface area contributed by atoms with Gasteiger partial charge in [0.15, 0.2) is 0 Å². The zero-order valence-corrected chi connectivity index (χ0v) is 14.9. The van der Waals surface area contributed by atoms with Crippen molar-refractivity contribution < 1.29 is 9.63 Å². The SMILES string of the molecule is CC(C)=CCCC(C)=CCN1C[C@@H](Cc2cc(C)no2)[C@@H](O)C1. The molecule has 23 heavy (non-hydrogen) atoms. The molecule has 1 saturated heterocycles. The Morgan fingerprint density at radius 1 is 1.35 bits per heavy atom. The van der Waals surface area contributed by atoms with E-state index < -0.39 is 0 Å². The molecular formula is C19H30N2O2. The van der Waals surface area contributed by atoms with Gasteiger partial charge < -0.3 is 9.63 Å². The zero-order chi connectivity index (χ0) is 16.8. The minimum atomic E-state index is -0.278. The van der Waals surface area contributed by atoms with Crippen molar-refractivity contribution >= 4 is 0 Å². The average molecular weight is 318 g/mol. The van der Waals surface area contributed by atoms with Crippen LogP contribution in [-0.2, 0) is 6.42 Å². The van der Waals surface area contributed by atoms with E-state index in [9.17, 15) is 5.11 Å². The summed E-state index contributed by atoms with van der Waals surface area (Å²) in [5.74, 6) is 1.11. The van der Waals surface area contributed by atoms with Crippen LogP contribution in [0.15, 0.2) is 33.9 Å². The lowest BCUT2D eigenvalue weighted by molar-refractivity contribution is 0.138. The number of β-amino-alcohol motifs (C(OH)–C–C–N with tert-alkyl or cyclic N) is 1. The number of nitrogens with zero attached hydrogens (tertiary/aromatic N) is 2. The van der Waals surface area contributed by atoms with E-state index in [4.69, 9.17) is 4.52 Å². The molecule has 1 N–H and O–H groups in total. The molecule has 0 amide bonds. The highest BCUT2D eigenvalue weighted by Crippen LogP contribution is 2.22. The molecule has 4 nitrogen and oxygen atoms in total. The van der Waals surface area contributed by atoms with Gasteiger partial charge in [0.25, 0.3) is 0 Å². The summed E-state index contributed by atoms with van der Waals surface area (Å²) in [6.07, 6.45) is 7.30. The molecule has 2 heterocycles. The first-order valence-corrected chi connectivity index (χ1v) is 8.55. The average Bonchev–Trinajstić information content (AvgIpc) is 3.03.